The third kappa shape index (κ3) is 2.82. The normalized spacial score (nSPS) is 12.5. The van der Waals surface area contributed by atoms with Crippen LogP contribution in [-0.4, -0.2) is 23.5 Å². The second-order valence-corrected chi connectivity index (χ2v) is 4.13. The van der Waals surface area contributed by atoms with Crippen LogP contribution in [0.3, 0.4) is 0 Å². The van der Waals surface area contributed by atoms with Crippen molar-refractivity contribution in [3.8, 4) is 0 Å². The first-order valence-electron chi connectivity index (χ1n) is 5.76. The quantitative estimate of drug-likeness (QED) is 0.697. The molecule has 0 radical (unpaired) electrons. The Morgan fingerprint density at radius 3 is 2.89 bits per heavy atom. The minimum Gasteiger partial charge on any atom is -0.368 e. The topological polar surface area (TPSA) is 94.0 Å². The van der Waals surface area contributed by atoms with Gasteiger partial charge in [-0.1, -0.05) is 24.3 Å². The Balaban J connectivity index is 2.06. The lowest BCUT2D eigenvalue weighted by Crippen LogP contribution is -2.44. The Kier molecular flexibility index (Phi) is 3.86. The predicted molar refractivity (Wildman–Crippen MR) is 70.6 cm³/mol. The Hall–Kier alpha value is -1.98. The fraction of sp³-hybridized carbons (Fsp3) is 0.231. The first-order valence-corrected chi connectivity index (χ1v) is 5.76. The summed E-state index contributed by atoms with van der Waals surface area (Å²) in [6, 6.07) is 9.26. The molecule has 1 unspecified atom stereocenters. The van der Waals surface area contributed by atoms with E-state index in [1.54, 1.807) is 6.20 Å². The fourth-order valence-corrected chi connectivity index (χ4v) is 1.77. The molecule has 0 aliphatic rings. The maximum Gasteiger partial charge on any atom is 0.235 e. The minimum absolute atomic E-state index is 0.360. The van der Waals surface area contributed by atoms with Gasteiger partial charge in [-0.25, -0.2) is 0 Å². The van der Waals surface area contributed by atoms with Crippen molar-refractivity contribution in [3.63, 3.8) is 0 Å². The first-order chi connectivity index (χ1) is 8.68. The molecule has 1 heterocycles. The smallest absolute Gasteiger partial charge is 0.235 e. The molecule has 1 atom stereocenters. The van der Waals surface area contributed by atoms with Crippen LogP contribution in [0.1, 0.15) is 5.56 Å². The number of carbonyl (C=O) groups excluding carboxylic acids is 1. The summed E-state index contributed by atoms with van der Waals surface area (Å²) in [7, 11) is 0. The molecule has 2 aromatic rings. The van der Waals surface area contributed by atoms with E-state index in [1.807, 2.05) is 30.3 Å². The zero-order valence-corrected chi connectivity index (χ0v) is 9.97. The van der Waals surface area contributed by atoms with Crippen LogP contribution in [0.15, 0.2) is 36.5 Å². The maximum absolute atomic E-state index is 10.8. The summed E-state index contributed by atoms with van der Waals surface area (Å²) >= 11 is 0. The van der Waals surface area contributed by atoms with Crippen LogP contribution in [0.5, 0.6) is 0 Å². The molecule has 5 nitrogen and oxygen atoms in total. The second-order valence-electron chi connectivity index (χ2n) is 4.13. The van der Waals surface area contributed by atoms with Gasteiger partial charge in [0, 0.05) is 24.7 Å². The molecule has 1 amide bonds. The molecule has 2 rings (SSSR count). The largest absolute Gasteiger partial charge is 0.368 e. The number of aromatic nitrogens is 1. The summed E-state index contributed by atoms with van der Waals surface area (Å²) in [5.74, 6) is -0.501. The molecule has 0 aliphatic heterocycles. The fourth-order valence-electron chi connectivity index (χ4n) is 1.77. The number of amides is 1. The average molecular weight is 244 g/mol. The SMILES string of the molecule is NC(=O)C(N)CNCc1cccc2cccnc12. The molecule has 0 fully saturated rings. The summed E-state index contributed by atoms with van der Waals surface area (Å²) in [5, 5.41) is 4.20. The molecular formula is C13H16N4O. The van der Waals surface area contributed by atoms with Crippen LogP contribution in [-0.2, 0) is 11.3 Å². The van der Waals surface area contributed by atoms with E-state index in [0.717, 1.165) is 16.5 Å². The van der Waals surface area contributed by atoms with Crippen molar-refractivity contribution in [3.05, 3.63) is 42.1 Å². The molecule has 1 aromatic heterocycles. The van der Waals surface area contributed by atoms with Gasteiger partial charge in [0.25, 0.3) is 0 Å². The summed E-state index contributed by atoms with van der Waals surface area (Å²) in [4.78, 5) is 15.2. The van der Waals surface area contributed by atoms with E-state index in [0.29, 0.717) is 13.1 Å². The van der Waals surface area contributed by atoms with E-state index < -0.39 is 11.9 Å². The zero-order chi connectivity index (χ0) is 13.0. The van der Waals surface area contributed by atoms with Gasteiger partial charge in [-0.05, 0) is 11.6 Å². The van der Waals surface area contributed by atoms with Gasteiger partial charge in [0.2, 0.25) is 5.91 Å². The number of hydrogen-bond donors (Lipinski definition) is 3. The minimum atomic E-state index is -0.659. The third-order valence-corrected chi connectivity index (χ3v) is 2.76. The maximum atomic E-state index is 10.8. The van der Waals surface area contributed by atoms with Crippen LogP contribution in [0.4, 0.5) is 0 Å². The van der Waals surface area contributed by atoms with Crippen LogP contribution in [0, 0.1) is 0 Å². The Bertz CT molecular complexity index is 550. The molecule has 94 valence electrons. The summed E-state index contributed by atoms with van der Waals surface area (Å²) in [5.41, 5.74) is 12.7. The first kappa shape index (κ1) is 12.5. The van der Waals surface area contributed by atoms with Crippen molar-refractivity contribution in [2.75, 3.05) is 6.54 Å². The predicted octanol–water partition coefficient (Wildman–Crippen LogP) is 0.137. The van der Waals surface area contributed by atoms with E-state index in [1.165, 1.54) is 0 Å². The highest BCUT2D eigenvalue weighted by Crippen LogP contribution is 2.15. The Labute approximate surface area is 105 Å². The molecule has 18 heavy (non-hydrogen) atoms. The van der Waals surface area contributed by atoms with E-state index >= 15 is 0 Å². The van der Waals surface area contributed by atoms with Gasteiger partial charge in [0.05, 0.1) is 11.6 Å². The van der Waals surface area contributed by atoms with Gasteiger partial charge in [-0.3, -0.25) is 9.78 Å². The lowest BCUT2D eigenvalue weighted by atomic mass is 10.1. The van der Waals surface area contributed by atoms with Gasteiger partial charge in [0.1, 0.15) is 0 Å². The summed E-state index contributed by atoms with van der Waals surface area (Å²) < 4.78 is 0. The van der Waals surface area contributed by atoms with Crippen molar-refractivity contribution in [1.82, 2.24) is 10.3 Å². The van der Waals surface area contributed by atoms with Crippen LogP contribution < -0.4 is 16.8 Å². The van der Waals surface area contributed by atoms with E-state index in [2.05, 4.69) is 10.3 Å². The van der Waals surface area contributed by atoms with Gasteiger partial charge >= 0.3 is 0 Å². The highest BCUT2D eigenvalue weighted by Gasteiger charge is 2.08. The number of hydrogen-bond acceptors (Lipinski definition) is 4. The number of pyridine rings is 1. The molecule has 5 heteroatoms. The van der Waals surface area contributed by atoms with Gasteiger partial charge in [-0.15, -0.1) is 0 Å². The number of benzene rings is 1. The molecular weight excluding hydrogens is 228 g/mol. The van der Waals surface area contributed by atoms with Crippen molar-refractivity contribution in [2.45, 2.75) is 12.6 Å². The van der Waals surface area contributed by atoms with E-state index in [9.17, 15) is 4.79 Å². The molecule has 0 spiro atoms. The number of rotatable bonds is 5. The van der Waals surface area contributed by atoms with Crippen LogP contribution in [0.2, 0.25) is 0 Å². The molecule has 0 saturated carbocycles. The molecule has 1 aromatic carbocycles. The van der Waals surface area contributed by atoms with Crippen molar-refractivity contribution >= 4 is 16.8 Å². The molecule has 0 saturated heterocycles. The number of carbonyl (C=O) groups is 1. The van der Waals surface area contributed by atoms with Gasteiger partial charge in [0.15, 0.2) is 0 Å². The van der Waals surface area contributed by atoms with Crippen molar-refractivity contribution < 1.29 is 4.79 Å². The van der Waals surface area contributed by atoms with Crippen molar-refractivity contribution in [1.29, 1.82) is 0 Å². The number of nitrogens with two attached hydrogens (primary N) is 2. The molecule has 0 bridgehead atoms. The second kappa shape index (κ2) is 5.57. The van der Waals surface area contributed by atoms with Gasteiger partial charge < -0.3 is 16.8 Å². The van der Waals surface area contributed by atoms with E-state index in [-0.39, 0.29) is 0 Å². The van der Waals surface area contributed by atoms with Gasteiger partial charge in [-0.2, -0.15) is 0 Å². The molecule has 0 aliphatic carbocycles. The Morgan fingerprint density at radius 1 is 1.33 bits per heavy atom. The van der Waals surface area contributed by atoms with Crippen LogP contribution in [0.25, 0.3) is 10.9 Å². The zero-order valence-electron chi connectivity index (χ0n) is 9.97. The number of nitrogens with zero attached hydrogens (tertiary/aromatic N) is 1. The summed E-state index contributed by atoms with van der Waals surface area (Å²) in [6.45, 7) is 0.966. The summed E-state index contributed by atoms with van der Waals surface area (Å²) in [6.07, 6.45) is 1.76. The number of para-hydroxylation sites is 1. The van der Waals surface area contributed by atoms with Crippen LogP contribution >= 0.6 is 0 Å². The Morgan fingerprint density at radius 2 is 2.11 bits per heavy atom. The highest BCUT2D eigenvalue weighted by molar-refractivity contribution is 5.81. The highest BCUT2D eigenvalue weighted by atomic mass is 16.1. The van der Waals surface area contributed by atoms with Crippen molar-refractivity contribution in [2.24, 2.45) is 11.5 Å². The van der Waals surface area contributed by atoms with E-state index in [4.69, 9.17) is 11.5 Å². The monoisotopic (exact) mass is 244 g/mol. The average Bonchev–Trinajstić information content (AvgIpc) is 2.38. The number of primary amides is 1. The number of nitrogens with one attached hydrogen (secondary N) is 1. The standard InChI is InChI=1S/C13H16N4O/c14-11(13(15)18)8-16-7-10-4-1-3-9-5-2-6-17-12(9)10/h1-6,11,16H,7-8,14H2,(H2,15,18). The lowest BCUT2D eigenvalue weighted by Gasteiger charge is -2.10. The number of fused-ring (bicyclic) bond motifs is 1. The lowest BCUT2D eigenvalue weighted by molar-refractivity contribution is -0.119. The third-order valence-electron chi connectivity index (χ3n) is 2.76. The molecule has 5 N–H and O–H groups in total.